The first kappa shape index (κ1) is 11.3. The van der Waals surface area contributed by atoms with E-state index >= 15 is 0 Å². The maximum atomic E-state index is 11.2. The molecule has 0 aromatic carbocycles. The molecule has 1 unspecified atom stereocenters. The molecule has 0 aliphatic carbocycles. The monoisotopic (exact) mass is 227 g/mol. The van der Waals surface area contributed by atoms with Crippen LogP contribution in [0.5, 0.6) is 0 Å². The number of nitrogens with zero attached hydrogens (tertiary/aromatic N) is 1. The zero-order valence-electron chi connectivity index (χ0n) is 9.20. The lowest BCUT2D eigenvalue weighted by molar-refractivity contribution is -0.120. The van der Waals surface area contributed by atoms with Crippen LogP contribution >= 0.6 is 0 Å². The summed E-state index contributed by atoms with van der Waals surface area (Å²) in [5.74, 6) is -0.202. The van der Waals surface area contributed by atoms with Crippen LogP contribution in [0, 0.1) is 0 Å². The minimum atomic E-state index is -0.374. The van der Waals surface area contributed by atoms with Gasteiger partial charge in [0, 0.05) is 13.1 Å². The minimum Gasteiger partial charge on any atom is -0.379 e. The highest BCUT2D eigenvalue weighted by Gasteiger charge is 2.28. The Morgan fingerprint density at radius 3 is 2.69 bits per heavy atom. The fourth-order valence-electron chi connectivity index (χ4n) is 2.01. The number of amides is 3. The SMILES string of the molecule is O=C1NC(=O)C(CCCN2CCOCC2)N1. The van der Waals surface area contributed by atoms with Gasteiger partial charge >= 0.3 is 6.03 Å². The van der Waals surface area contributed by atoms with Gasteiger partial charge in [-0.15, -0.1) is 0 Å². The quantitative estimate of drug-likeness (QED) is 0.623. The van der Waals surface area contributed by atoms with E-state index < -0.39 is 0 Å². The summed E-state index contributed by atoms with van der Waals surface area (Å²) >= 11 is 0. The van der Waals surface area contributed by atoms with Gasteiger partial charge in [0.15, 0.2) is 0 Å². The average molecular weight is 227 g/mol. The molecule has 1 atom stereocenters. The normalized spacial score (nSPS) is 26.6. The number of hydrogen-bond donors (Lipinski definition) is 2. The van der Waals surface area contributed by atoms with Crippen molar-refractivity contribution < 1.29 is 14.3 Å². The van der Waals surface area contributed by atoms with Crippen LogP contribution in [0.2, 0.25) is 0 Å². The zero-order chi connectivity index (χ0) is 11.4. The molecule has 2 aliphatic rings. The maximum absolute atomic E-state index is 11.2. The van der Waals surface area contributed by atoms with Crippen LogP contribution < -0.4 is 10.6 Å². The largest absolute Gasteiger partial charge is 0.379 e. The van der Waals surface area contributed by atoms with E-state index in [4.69, 9.17) is 4.74 Å². The Labute approximate surface area is 94.3 Å². The van der Waals surface area contributed by atoms with Gasteiger partial charge in [-0.25, -0.2) is 4.79 Å². The van der Waals surface area contributed by atoms with Gasteiger partial charge in [-0.2, -0.15) is 0 Å². The Balaban J connectivity index is 1.64. The second kappa shape index (κ2) is 5.27. The lowest BCUT2D eigenvalue weighted by Crippen LogP contribution is -2.37. The van der Waals surface area contributed by atoms with Crippen molar-refractivity contribution >= 4 is 11.9 Å². The van der Waals surface area contributed by atoms with Crippen molar-refractivity contribution in [3.05, 3.63) is 0 Å². The number of rotatable bonds is 4. The lowest BCUT2D eigenvalue weighted by atomic mass is 10.1. The molecular formula is C10H17N3O3. The van der Waals surface area contributed by atoms with Crippen LogP contribution in [0.15, 0.2) is 0 Å². The second-order valence-electron chi connectivity index (χ2n) is 4.11. The van der Waals surface area contributed by atoms with Crippen LogP contribution in [-0.2, 0) is 9.53 Å². The van der Waals surface area contributed by atoms with E-state index in [9.17, 15) is 9.59 Å². The Kier molecular flexibility index (Phi) is 3.74. The van der Waals surface area contributed by atoms with Crippen molar-refractivity contribution in [1.82, 2.24) is 15.5 Å². The molecule has 0 aromatic rings. The van der Waals surface area contributed by atoms with Gasteiger partial charge in [0.2, 0.25) is 0 Å². The first-order valence-electron chi connectivity index (χ1n) is 5.67. The van der Waals surface area contributed by atoms with Crippen LogP contribution in [0.3, 0.4) is 0 Å². The summed E-state index contributed by atoms with van der Waals surface area (Å²) in [6, 6.07) is -0.713. The third kappa shape index (κ3) is 2.93. The molecule has 2 heterocycles. The number of morpholine rings is 1. The van der Waals surface area contributed by atoms with E-state index in [1.165, 1.54) is 0 Å². The fraction of sp³-hybridized carbons (Fsp3) is 0.800. The Hall–Kier alpha value is -1.14. The summed E-state index contributed by atoms with van der Waals surface area (Å²) in [7, 11) is 0. The number of ether oxygens (including phenoxy) is 1. The van der Waals surface area contributed by atoms with Crippen molar-refractivity contribution in [2.45, 2.75) is 18.9 Å². The Morgan fingerprint density at radius 2 is 2.06 bits per heavy atom. The average Bonchev–Trinajstić information content (AvgIpc) is 2.59. The predicted octanol–water partition coefficient (Wildman–Crippen LogP) is -0.693. The first-order valence-corrected chi connectivity index (χ1v) is 5.67. The first-order chi connectivity index (χ1) is 7.75. The van der Waals surface area contributed by atoms with Gasteiger partial charge < -0.3 is 10.1 Å². The number of carbonyl (C=O) groups excluding carboxylic acids is 2. The molecule has 6 heteroatoms. The summed E-state index contributed by atoms with van der Waals surface area (Å²) in [6.07, 6.45) is 1.62. The molecule has 2 aliphatic heterocycles. The Bertz CT molecular complexity index is 276. The van der Waals surface area contributed by atoms with Crippen LogP contribution in [-0.4, -0.2) is 55.7 Å². The van der Waals surface area contributed by atoms with E-state index in [1.807, 2.05) is 0 Å². The van der Waals surface area contributed by atoms with Crippen LogP contribution in [0.25, 0.3) is 0 Å². The second-order valence-corrected chi connectivity index (χ2v) is 4.11. The molecule has 0 bridgehead atoms. The summed E-state index contributed by atoms with van der Waals surface area (Å²) in [5.41, 5.74) is 0. The molecule has 0 saturated carbocycles. The van der Waals surface area contributed by atoms with Gasteiger partial charge in [0.1, 0.15) is 6.04 Å². The molecule has 2 fully saturated rings. The molecule has 3 amide bonds. The topological polar surface area (TPSA) is 70.7 Å². The number of urea groups is 1. The molecule has 0 radical (unpaired) electrons. The van der Waals surface area contributed by atoms with Crippen LogP contribution in [0.4, 0.5) is 4.79 Å². The molecule has 0 spiro atoms. The van der Waals surface area contributed by atoms with Gasteiger partial charge in [-0.3, -0.25) is 15.0 Å². The van der Waals surface area contributed by atoms with E-state index in [2.05, 4.69) is 15.5 Å². The zero-order valence-corrected chi connectivity index (χ0v) is 9.20. The third-order valence-corrected chi connectivity index (χ3v) is 2.93. The predicted molar refractivity (Wildman–Crippen MR) is 57.0 cm³/mol. The number of carbonyl (C=O) groups is 2. The number of hydrogen-bond acceptors (Lipinski definition) is 4. The maximum Gasteiger partial charge on any atom is 0.322 e. The van der Waals surface area contributed by atoms with E-state index in [-0.39, 0.29) is 18.0 Å². The van der Waals surface area contributed by atoms with Gasteiger partial charge in [0.25, 0.3) is 5.91 Å². The number of nitrogens with one attached hydrogen (secondary N) is 2. The van der Waals surface area contributed by atoms with Crippen LogP contribution in [0.1, 0.15) is 12.8 Å². The summed E-state index contributed by atoms with van der Waals surface area (Å²) in [5, 5.41) is 4.83. The van der Waals surface area contributed by atoms with E-state index in [1.54, 1.807) is 0 Å². The summed E-state index contributed by atoms with van der Waals surface area (Å²) in [6.45, 7) is 4.47. The highest BCUT2D eigenvalue weighted by molar-refractivity contribution is 6.04. The third-order valence-electron chi connectivity index (χ3n) is 2.93. The molecular weight excluding hydrogens is 210 g/mol. The molecule has 6 nitrogen and oxygen atoms in total. The molecule has 2 saturated heterocycles. The standard InChI is InChI=1S/C10H17N3O3/c14-9-8(11-10(15)12-9)2-1-3-13-4-6-16-7-5-13/h8H,1-7H2,(H2,11,12,14,15). The number of imide groups is 1. The van der Waals surface area contributed by atoms with Gasteiger partial charge in [-0.1, -0.05) is 0 Å². The fourth-order valence-corrected chi connectivity index (χ4v) is 2.01. The van der Waals surface area contributed by atoms with Crippen molar-refractivity contribution in [2.75, 3.05) is 32.8 Å². The molecule has 16 heavy (non-hydrogen) atoms. The minimum absolute atomic E-state index is 0.202. The molecule has 2 rings (SSSR count). The van der Waals surface area contributed by atoms with Gasteiger partial charge in [-0.05, 0) is 19.4 Å². The van der Waals surface area contributed by atoms with Crippen molar-refractivity contribution in [1.29, 1.82) is 0 Å². The van der Waals surface area contributed by atoms with Crippen molar-refractivity contribution in [2.24, 2.45) is 0 Å². The van der Waals surface area contributed by atoms with E-state index in [0.29, 0.717) is 6.42 Å². The highest BCUT2D eigenvalue weighted by Crippen LogP contribution is 2.05. The summed E-state index contributed by atoms with van der Waals surface area (Å²) in [4.78, 5) is 24.4. The summed E-state index contributed by atoms with van der Waals surface area (Å²) < 4.78 is 5.25. The molecule has 90 valence electrons. The smallest absolute Gasteiger partial charge is 0.322 e. The molecule has 0 aromatic heterocycles. The highest BCUT2D eigenvalue weighted by atomic mass is 16.5. The lowest BCUT2D eigenvalue weighted by Gasteiger charge is -2.26. The Morgan fingerprint density at radius 1 is 1.31 bits per heavy atom. The molecule has 2 N–H and O–H groups in total. The van der Waals surface area contributed by atoms with Crippen molar-refractivity contribution in [3.63, 3.8) is 0 Å². The van der Waals surface area contributed by atoms with Crippen molar-refractivity contribution in [3.8, 4) is 0 Å². The van der Waals surface area contributed by atoms with E-state index in [0.717, 1.165) is 39.3 Å². The van der Waals surface area contributed by atoms with Gasteiger partial charge in [0.05, 0.1) is 13.2 Å².